The minimum absolute atomic E-state index is 0.214. The maximum absolute atomic E-state index is 14.4. The summed E-state index contributed by atoms with van der Waals surface area (Å²) in [6.07, 6.45) is 5.38. The van der Waals surface area contributed by atoms with Crippen LogP contribution in [-0.4, -0.2) is 42.9 Å². The van der Waals surface area contributed by atoms with Gasteiger partial charge in [-0.05, 0) is 48.9 Å². The molecular weight excluding hydrogens is 401 g/mol. The molecule has 5 nitrogen and oxygen atoms in total. The summed E-state index contributed by atoms with van der Waals surface area (Å²) >= 11 is 0. The molecule has 0 spiro atoms. The van der Waals surface area contributed by atoms with Gasteiger partial charge in [0.25, 0.3) is 0 Å². The molecule has 30 heavy (non-hydrogen) atoms. The van der Waals surface area contributed by atoms with Crippen molar-refractivity contribution in [2.45, 2.75) is 30.7 Å². The van der Waals surface area contributed by atoms with Crippen molar-refractivity contribution in [1.29, 1.82) is 0 Å². The summed E-state index contributed by atoms with van der Waals surface area (Å²) in [5.74, 6) is 0.134. The van der Waals surface area contributed by atoms with E-state index < -0.39 is 9.84 Å². The first-order chi connectivity index (χ1) is 14.4. The zero-order valence-corrected chi connectivity index (χ0v) is 17.8. The number of nitrogens with zero attached hydrogens (tertiary/aromatic N) is 2. The minimum atomic E-state index is -3.29. The molecule has 0 radical (unpaired) electrons. The van der Waals surface area contributed by atoms with Crippen molar-refractivity contribution in [3.63, 3.8) is 0 Å². The van der Waals surface area contributed by atoms with Gasteiger partial charge in [-0.2, -0.15) is 5.10 Å². The summed E-state index contributed by atoms with van der Waals surface area (Å²) in [5, 5.41) is 6.81. The van der Waals surface area contributed by atoms with E-state index in [0.717, 1.165) is 43.6 Å². The molecule has 0 unspecified atom stereocenters. The van der Waals surface area contributed by atoms with E-state index in [9.17, 15) is 12.8 Å². The standard InChI is InChI=1S/C23H26FN3O2S/c1-30(28,29)23-14-25-26-22(23)13-17-7-6-12-27(15-17)16-18-8-2-3-9-19(18)20-10-4-5-11-21(20)24/h2-5,8-11,14,17H,6-7,12-13,15-16H2,1H3,(H,25,26)/t17-/m0/s1. The molecule has 1 N–H and O–H groups in total. The molecule has 1 saturated heterocycles. The van der Waals surface area contributed by atoms with Crippen LogP contribution in [0.1, 0.15) is 24.1 Å². The molecule has 3 aromatic rings. The Bertz CT molecular complexity index is 1130. The molecule has 1 aliphatic rings. The molecule has 0 aliphatic carbocycles. The third-order valence-corrected chi connectivity index (χ3v) is 6.90. The van der Waals surface area contributed by atoms with E-state index in [2.05, 4.69) is 21.2 Å². The molecule has 0 amide bonds. The summed E-state index contributed by atoms with van der Waals surface area (Å²) in [4.78, 5) is 2.68. The Hall–Kier alpha value is -2.51. The van der Waals surface area contributed by atoms with Crippen LogP contribution >= 0.6 is 0 Å². The first-order valence-electron chi connectivity index (χ1n) is 10.2. The molecular formula is C23H26FN3O2S. The average Bonchev–Trinajstić information content (AvgIpc) is 3.18. The van der Waals surface area contributed by atoms with Crippen molar-refractivity contribution in [2.24, 2.45) is 5.92 Å². The van der Waals surface area contributed by atoms with Crippen LogP contribution in [0.2, 0.25) is 0 Å². The van der Waals surface area contributed by atoms with Crippen LogP contribution in [0.4, 0.5) is 4.39 Å². The number of aromatic amines is 1. The first kappa shape index (κ1) is 20.8. The van der Waals surface area contributed by atoms with Crippen molar-refractivity contribution in [2.75, 3.05) is 19.3 Å². The predicted molar refractivity (Wildman–Crippen MR) is 115 cm³/mol. The molecule has 2 aromatic carbocycles. The summed E-state index contributed by atoms with van der Waals surface area (Å²) in [6, 6.07) is 14.8. The summed E-state index contributed by atoms with van der Waals surface area (Å²) < 4.78 is 38.3. The van der Waals surface area contributed by atoms with Crippen molar-refractivity contribution in [1.82, 2.24) is 15.1 Å². The zero-order valence-electron chi connectivity index (χ0n) is 17.0. The normalized spacial score (nSPS) is 17.9. The van der Waals surface area contributed by atoms with E-state index >= 15 is 0 Å². The Labute approximate surface area is 176 Å². The number of benzene rings is 2. The third kappa shape index (κ3) is 4.63. The summed E-state index contributed by atoms with van der Waals surface area (Å²) in [7, 11) is -3.29. The number of aromatic nitrogens is 2. The Morgan fingerprint density at radius 3 is 2.63 bits per heavy atom. The molecule has 0 bridgehead atoms. The van der Waals surface area contributed by atoms with E-state index in [-0.39, 0.29) is 5.82 Å². The molecule has 1 fully saturated rings. The maximum Gasteiger partial charge on any atom is 0.178 e. The topological polar surface area (TPSA) is 66.1 Å². The molecule has 7 heteroatoms. The van der Waals surface area contributed by atoms with Crippen molar-refractivity contribution in [3.8, 4) is 11.1 Å². The molecule has 158 valence electrons. The first-order valence-corrected chi connectivity index (χ1v) is 12.1. The van der Waals surface area contributed by atoms with Crippen molar-refractivity contribution < 1.29 is 12.8 Å². The van der Waals surface area contributed by atoms with Gasteiger partial charge in [0, 0.05) is 24.9 Å². The lowest BCUT2D eigenvalue weighted by atomic mass is 9.92. The minimum Gasteiger partial charge on any atom is -0.299 e. The smallest absolute Gasteiger partial charge is 0.178 e. The Kier molecular flexibility index (Phi) is 6.01. The predicted octanol–water partition coefficient (Wildman–Crippen LogP) is 4.07. The van der Waals surface area contributed by atoms with Crippen LogP contribution in [0.3, 0.4) is 0 Å². The molecule has 0 saturated carbocycles. The zero-order chi connectivity index (χ0) is 21.1. The Morgan fingerprint density at radius 2 is 1.87 bits per heavy atom. The highest BCUT2D eigenvalue weighted by molar-refractivity contribution is 7.90. The van der Waals surface area contributed by atoms with Crippen LogP contribution < -0.4 is 0 Å². The van der Waals surface area contributed by atoms with Gasteiger partial charge in [-0.3, -0.25) is 10.00 Å². The number of sulfone groups is 1. The van der Waals surface area contributed by atoms with Gasteiger partial charge in [-0.25, -0.2) is 12.8 Å². The van der Waals surface area contributed by atoms with Gasteiger partial charge in [0.05, 0.1) is 11.9 Å². The third-order valence-electron chi connectivity index (χ3n) is 5.75. The monoisotopic (exact) mass is 427 g/mol. The number of rotatable bonds is 6. The van der Waals surface area contributed by atoms with E-state index in [1.54, 1.807) is 6.07 Å². The molecule has 1 aliphatic heterocycles. The SMILES string of the molecule is CS(=O)(=O)c1cn[nH]c1C[C@@H]1CCCN(Cc2ccccc2-c2ccccc2F)C1. The van der Waals surface area contributed by atoms with Gasteiger partial charge in [0.15, 0.2) is 9.84 Å². The van der Waals surface area contributed by atoms with Gasteiger partial charge < -0.3 is 0 Å². The number of likely N-dealkylation sites (tertiary alicyclic amines) is 1. The number of piperidine rings is 1. The fourth-order valence-electron chi connectivity index (χ4n) is 4.36. The van der Waals surface area contributed by atoms with Crippen molar-refractivity contribution in [3.05, 3.63) is 71.8 Å². The van der Waals surface area contributed by atoms with E-state index in [0.29, 0.717) is 28.5 Å². The number of hydrogen-bond donors (Lipinski definition) is 1. The molecule has 1 aromatic heterocycles. The second-order valence-corrected chi connectivity index (χ2v) is 10.1. The number of nitrogens with one attached hydrogen (secondary N) is 1. The van der Waals surface area contributed by atoms with E-state index in [1.165, 1.54) is 18.5 Å². The van der Waals surface area contributed by atoms with Gasteiger partial charge in [-0.1, -0.05) is 42.5 Å². The Morgan fingerprint density at radius 1 is 1.13 bits per heavy atom. The highest BCUT2D eigenvalue weighted by Crippen LogP contribution is 2.29. The van der Waals surface area contributed by atoms with Crippen LogP contribution in [0.25, 0.3) is 11.1 Å². The molecule has 4 rings (SSSR count). The highest BCUT2D eigenvalue weighted by atomic mass is 32.2. The van der Waals surface area contributed by atoms with Crippen LogP contribution in [-0.2, 0) is 22.8 Å². The highest BCUT2D eigenvalue weighted by Gasteiger charge is 2.24. The quantitative estimate of drug-likeness (QED) is 0.644. The molecule has 2 heterocycles. The lowest BCUT2D eigenvalue weighted by Crippen LogP contribution is -2.36. The number of H-pyrrole nitrogens is 1. The lowest BCUT2D eigenvalue weighted by molar-refractivity contribution is 0.166. The van der Waals surface area contributed by atoms with Gasteiger partial charge in [0.1, 0.15) is 10.7 Å². The fraction of sp³-hybridized carbons (Fsp3) is 0.348. The lowest BCUT2D eigenvalue weighted by Gasteiger charge is -2.33. The van der Waals surface area contributed by atoms with Gasteiger partial charge >= 0.3 is 0 Å². The van der Waals surface area contributed by atoms with Gasteiger partial charge in [-0.15, -0.1) is 0 Å². The van der Waals surface area contributed by atoms with Crippen LogP contribution in [0, 0.1) is 11.7 Å². The van der Waals surface area contributed by atoms with Crippen LogP contribution in [0.15, 0.2) is 59.6 Å². The average molecular weight is 428 g/mol. The largest absolute Gasteiger partial charge is 0.299 e. The fourth-order valence-corrected chi connectivity index (χ4v) is 5.18. The van der Waals surface area contributed by atoms with Crippen molar-refractivity contribution >= 4 is 9.84 Å². The maximum atomic E-state index is 14.4. The van der Waals surface area contributed by atoms with Crippen LogP contribution in [0.5, 0.6) is 0 Å². The number of halogens is 1. The second-order valence-electron chi connectivity index (χ2n) is 8.07. The molecule has 1 atom stereocenters. The summed E-state index contributed by atoms with van der Waals surface area (Å²) in [6.45, 7) is 2.58. The second kappa shape index (κ2) is 8.70. The van der Waals surface area contributed by atoms with E-state index in [4.69, 9.17) is 0 Å². The summed E-state index contributed by atoms with van der Waals surface area (Å²) in [5.41, 5.74) is 3.33. The van der Waals surface area contributed by atoms with Gasteiger partial charge in [0.2, 0.25) is 0 Å². The number of hydrogen-bond acceptors (Lipinski definition) is 4. The Balaban J connectivity index is 1.50. The van der Waals surface area contributed by atoms with E-state index in [1.807, 2.05) is 30.3 Å².